The third-order valence-electron chi connectivity index (χ3n) is 2.57. The van der Waals surface area contributed by atoms with E-state index >= 15 is 0 Å². The molecule has 2 aromatic rings. The molecule has 0 saturated carbocycles. The first-order valence-corrected chi connectivity index (χ1v) is 7.71. The first kappa shape index (κ1) is 26.0. The summed E-state index contributed by atoms with van der Waals surface area (Å²) in [6, 6.07) is 9.87. The van der Waals surface area contributed by atoms with Crippen molar-refractivity contribution in [2.24, 2.45) is 10.2 Å². The van der Waals surface area contributed by atoms with Crippen LogP contribution in [0.1, 0.15) is 62.0 Å². The highest BCUT2D eigenvalue weighted by atomic mass is 16.3. The highest BCUT2D eigenvalue weighted by molar-refractivity contribution is 5.93. The first-order chi connectivity index (χ1) is 10.1. The number of aromatic hydroxyl groups is 1. The second-order valence-corrected chi connectivity index (χ2v) is 4.42. The van der Waals surface area contributed by atoms with Crippen molar-refractivity contribution in [2.45, 2.75) is 69.4 Å². The maximum absolute atomic E-state index is 10.2. The highest BCUT2D eigenvalue weighted by Gasteiger charge is 2.09. The van der Waals surface area contributed by atoms with E-state index < -0.39 is 0 Å². The van der Waals surface area contributed by atoms with Crippen LogP contribution in [0.2, 0.25) is 0 Å². The summed E-state index contributed by atoms with van der Waals surface area (Å²) in [5.74, 6) is 0.213. The van der Waals surface area contributed by atoms with E-state index in [1.807, 2.05) is 78.8 Å². The Morgan fingerprint density at radius 3 is 2.00 bits per heavy atom. The summed E-state index contributed by atoms with van der Waals surface area (Å²) >= 11 is 0. The van der Waals surface area contributed by atoms with Crippen LogP contribution >= 0.6 is 0 Å². The largest absolute Gasteiger partial charge is 0.505 e. The number of benzene rings is 2. The van der Waals surface area contributed by atoms with E-state index in [2.05, 4.69) is 10.2 Å². The zero-order valence-corrected chi connectivity index (χ0v) is 14.3. The predicted octanol–water partition coefficient (Wildman–Crippen LogP) is 7.67. The smallest absolute Gasteiger partial charge is 0.151 e. The standard InChI is InChI=1S/C14H16N2O.2C2H6.2CH4/c1-9(2)15-16-13-10(3)8-11-6-4-5-7-12(11)14(13)17;2*1-2;;/h4-9,17H,1-3H3;2*1-2H3;2*1H4. The van der Waals surface area contributed by atoms with Crippen LogP contribution in [-0.2, 0) is 0 Å². The molecular weight excluding hydrogens is 284 g/mol. The van der Waals surface area contributed by atoms with Crippen molar-refractivity contribution in [1.29, 1.82) is 0 Å². The molecule has 0 spiro atoms. The molecular formula is C20H36N2O. The molecule has 0 amide bonds. The maximum atomic E-state index is 10.2. The van der Waals surface area contributed by atoms with Gasteiger partial charge in [-0.1, -0.05) is 66.8 Å². The Hall–Kier alpha value is -1.90. The fourth-order valence-corrected chi connectivity index (χ4v) is 1.75. The van der Waals surface area contributed by atoms with Gasteiger partial charge in [-0.05, 0) is 37.8 Å². The molecule has 0 bridgehead atoms. The van der Waals surface area contributed by atoms with Gasteiger partial charge < -0.3 is 5.11 Å². The lowest BCUT2D eigenvalue weighted by atomic mass is 10.0. The van der Waals surface area contributed by atoms with Crippen molar-refractivity contribution < 1.29 is 5.11 Å². The molecule has 0 saturated heterocycles. The van der Waals surface area contributed by atoms with Crippen LogP contribution in [-0.4, -0.2) is 11.1 Å². The summed E-state index contributed by atoms with van der Waals surface area (Å²) < 4.78 is 0. The quantitative estimate of drug-likeness (QED) is 0.567. The number of hydrogen-bond donors (Lipinski definition) is 1. The predicted molar refractivity (Wildman–Crippen MR) is 106 cm³/mol. The zero-order chi connectivity index (χ0) is 16.4. The minimum Gasteiger partial charge on any atom is -0.505 e. The monoisotopic (exact) mass is 320 g/mol. The van der Waals surface area contributed by atoms with E-state index in [9.17, 15) is 5.11 Å². The van der Waals surface area contributed by atoms with Crippen LogP contribution in [0.25, 0.3) is 10.8 Å². The SMILES string of the molecule is C.C.CC.CC.Cc1cc2ccccc2c(O)c1N=NC(C)C. The molecule has 0 fully saturated rings. The van der Waals surface area contributed by atoms with Gasteiger partial charge in [0.1, 0.15) is 5.69 Å². The van der Waals surface area contributed by atoms with Gasteiger partial charge in [-0.3, -0.25) is 0 Å². The highest BCUT2D eigenvalue weighted by Crippen LogP contribution is 2.37. The van der Waals surface area contributed by atoms with E-state index in [-0.39, 0.29) is 26.6 Å². The number of azo groups is 1. The molecule has 1 N–H and O–H groups in total. The minimum atomic E-state index is 0. The van der Waals surface area contributed by atoms with Crippen molar-refractivity contribution in [3.05, 3.63) is 35.9 Å². The van der Waals surface area contributed by atoms with Gasteiger partial charge >= 0.3 is 0 Å². The number of phenolic OH excluding ortho intramolecular Hbond substituents is 1. The Kier molecular flexibility index (Phi) is 15.5. The summed E-state index contributed by atoms with van der Waals surface area (Å²) in [7, 11) is 0. The van der Waals surface area contributed by atoms with Crippen molar-refractivity contribution in [1.82, 2.24) is 0 Å². The average molecular weight is 321 g/mol. The molecule has 23 heavy (non-hydrogen) atoms. The number of rotatable bonds is 2. The molecule has 0 aromatic heterocycles. The Morgan fingerprint density at radius 2 is 1.48 bits per heavy atom. The van der Waals surface area contributed by atoms with Gasteiger partial charge in [0.05, 0.1) is 6.04 Å². The molecule has 2 rings (SSSR count). The lowest BCUT2D eigenvalue weighted by Gasteiger charge is -2.07. The van der Waals surface area contributed by atoms with Gasteiger partial charge in [0.2, 0.25) is 0 Å². The number of aryl methyl sites for hydroxylation is 1. The van der Waals surface area contributed by atoms with Crippen molar-refractivity contribution in [3.8, 4) is 5.75 Å². The molecule has 0 aliphatic carbocycles. The van der Waals surface area contributed by atoms with Crippen LogP contribution in [0.15, 0.2) is 40.6 Å². The molecule has 0 aliphatic rings. The number of nitrogens with zero attached hydrogens (tertiary/aromatic N) is 2. The summed E-state index contributed by atoms with van der Waals surface area (Å²) in [5, 5.41) is 20.2. The molecule has 2 aromatic carbocycles. The van der Waals surface area contributed by atoms with Gasteiger partial charge in [-0.15, -0.1) is 0 Å². The molecule has 0 unspecified atom stereocenters. The second-order valence-electron chi connectivity index (χ2n) is 4.42. The van der Waals surface area contributed by atoms with E-state index in [1.54, 1.807) is 0 Å². The van der Waals surface area contributed by atoms with Gasteiger partial charge in [0.15, 0.2) is 5.75 Å². The van der Waals surface area contributed by atoms with Crippen LogP contribution in [0.3, 0.4) is 0 Å². The van der Waals surface area contributed by atoms with Crippen molar-refractivity contribution >= 4 is 16.5 Å². The minimum absolute atomic E-state index is 0. The maximum Gasteiger partial charge on any atom is 0.151 e. The summed E-state index contributed by atoms with van der Waals surface area (Å²) in [4.78, 5) is 0. The third kappa shape index (κ3) is 7.27. The van der Waals surface area contributed by atoms with Gasteiger partial charge in [-0.25, -0.2) is 0 Å². The van der Waals surface area contributed by atoms with E-state index in [1.165, 1.54) is 0 Å². The molecule has 0 radical (unpaired) electrons. The van der Waals surface area contributed by atoms with Gasteiger partial charge in [0, 0.05) is 5.39 Å². The first-order valence-electron chi connectivity index (χ1n) is 7.71. The topological polar surface area (TPSA) is 45.0 Å². The number of phenols is 1. The molecule has 0 atom stereocenters. The molecule has 3 heteroatoms. The Morgan fingerprint density at radius 1 is 0.957 bits per heavy atom. The van der Waals surface area contributed by atoms with Crippen LogP contribution in [0, 0.1) is 6.92 Å². The Bertz CT molecular complexity index is 575. The summed E-state index contributed by atoms with van der Waals surface area (Å²) in [6.07, 6.45) is 0. The normalized spacial score (nSPS) is 9.22. The Balaban J connectivity index is -0.000000619. The van der Waals surface area contributed by atoms with Crippen LogP contribution in [0.5, 0.6) is 5.75 Å². The zero-order valence-electron chi connectivity index (χ0n) is 14.3. The van der Waals surface area contributed by atoms with E-state index in [0.717, 1.165) is 16.3 Å². The summed E-state index contributed by atoms with van der Waals surface area (Å²) in [6.45, 7) is 13.8. The third-order valence-corrected chi connectivity index (χ3v) is 2.57. The fraction of sp³-hybridized carbons (Fsp3) is 0.500. The van der Waals surface area contributed by atoms with Crippen LogP contribution < -0.4 is 0 Å². The second kappa shape index (κ2) is 13.7. The fourth-order valence-electron chi connectivity index (χ4n) is 1.75. The molecule has 3 nitrogen and oxygen atoms in total. The summed E-state index contributed by atoms with van der Waals surface area (Å²) in [5.41, 5.74) is 1.50. The molecule has 0 aliphatic heterocycles. The number of hydrogen-bond acceptors (Lipinski definition) is 3. The van der Waals surface area contributed by atoms with Gasteiger partial charge in [-0.2, -0.15) is 10.2 Å². The lowest BCUT2D eigenvalue weighted by Crippen LogP contribution is -1.85. The molecule has 132 valence electrons. The number of fused-ring (bicyclic) bond motifs is 1. The average Bonchev–Trinajstić information content (AvgIpc) is 2.51. The lowest BCUT2D eigenvalue weighted by molar-refractivity contribution is 0.482. The molecule has 0 heterocycles. The van der Waals surface area contributed by atoms with Crippen molar-refractivity contribution in [2.75, 3.05) is 0 Å². The van der Waals surface area contributed by atoms with Crippen LogP contribution in [0.4, 0.5) is 5.69 Å². The van der Waals surface area contributed by atoms with E-state index in [0.29, 0.717) is 5.69 Å². The van der Waals surface area contributed by atoms with Crippen molar-refractivity contribution in [3.63, 3.8) is 0 Å². The van der Waals surface area contributed by atoms with E-state index in [4.69, 9.17) is 0 Å². The van der Waals surface area contributed by atoms with Gasteiger partial charge in [0.25, 0.3) is 0 Å². The Labute approximate surface area is 143 Å².